The zero-order chi connectivity index (χ0) is 30.2. The van der Waals surface area contributed by atoms with Gasteiger partial charge in [-0.2, -0.15) is 0 Å². The third-order valence-electron chi connectivity index (χ3n) is 7.86. The first-order chi connectivity index (χ1) is 20.7. The van der Waals surface area contributed by atoms with E-state index >= 15 is 0 Å². The van der Waals surface area contributed by atoms with Crippen molar-refractivity contribution < 1.29 is 27.1 Å². The van der Waals surface area contributed by atoms with E-state index < -0.39 is 10.0 Å². The van der Waals surface area contributed by atoms with E-state index in [2.05, 4.69) is 32.4 Å². The predicted octanol–water partition coefficient (Wildman–Crippen LogP) is 5.40. The summed E-state index contributed by atoms with van der Waals surface area (Å²) in [5.74, 6) is 1.10. The monoisotopic (exact) mass is 646 g/mol. The molecule has 2 fully saturated rings. The number of ether oxygens (including phenoxy) is 2. The largest absolute Gasteiger partial charge is 0.457 e. The molecule has 2 aliphatic rings. The lowest BCUT2D eigenvalue weighted by molar-refractivity contribution is -0.120. The molecule has 0 bridgehead atoms. The number of rotatable bonds is 11. The number of carbonyl (C=O) groups excluding carboxylic acids is 1. The number of nitrogens with zero attached hydrogens (tertiary/aromatic N) is 1. The highest BCUT2D eigenvalue weighted by Gasteiger charge is 2.33. The number of halogens is 2. The molecule has 3 aromatic rings. The van der Waals surface area contributed by atoms with Crippen molar-refractivity contribution in [2.24, 2.45) is 5.92 Å². The number of anilines is 2. The third-order valence-corrected chi connectivity index (χ3v) is 8.46. The summed E-state index contributed by atoms with van der Waals surface area (Å²) in [6.45, 7) is 3.98. The van der Waals surface area contributed by atoms with E-state index in [1.807, 2.05) is 12.1 Å². The standard InChI is InChI=1S/C32H39FN4O5S.ClH/c1-43(39,40)36-28-8-12-30(13-9-28)42-29-10-2-23(3-11-29)22-37-18-14-27(15-19-37)34-31(24-16-20-41-21-17-24)32(38)35-26-6-4-25(33)5-7-26;/h2-13,24,27,31,34,36H,14-22H2,1H3,(H,35,38);1H. The molecular weight excluding hydrogens is 607 g/mol. The second kappa shape index (κ2) is 15.7. The van der Waals surface area contributed by atoms with Gasteiger partial charge < -0.3 is 20.1 Å². The lowest BCUT2D eigenvalue weighted by atomic mass is 9.89. The van der Waals surface area contributed by atoms with Crippen molar-refractivity contribution in [1.29, 1.82) is 0 Å². The molecule has 0 spiro atoms. The zero-order valence-corrected chi connectivity index (χ0v) is 26.3. The minimum Gasteiger partial charge on any atom is -0.457 e. The van der Waals surface area contributed by atoms with Crippen LogP contribution in [0.1, 0.15) is 31.2 Å². The van der Waals surface area contributed by atoms with Crippen molar-refractivity contribution >= 4 is 39.7 Å². The van der Waals surface area contributed by atoms with E-state index in [1.165, 1.54) is 17.7 Å². The van der Waals surface area contributed by atoms with Gasteiger partial charge in [-0.15, -0.1) is 12.4 Å². The minimum absolute atomic E-state index is 0. The van der Waals surface area contributed by atoms with Crippen LogP contribution in [0.15, 0.2) is 72.8 Å². The van der Waals surface area contributed by atoms with Crippen LogP contribution in [0.25, 0.3) is 0 Å². The average molecular weight is 647 g/mol. The van der Waals surface area contributed by atoms with Crippen LogP contribution in [0, 0.1) is 11.7 Å². The summed E-state index contributed by atoms with van der Waals surface area (Å²) < 4.78 is 50.0. The molecule has 12 heteroatoms. The molecular formula is C32H40ClFN4O5S. The number of carbonyl (C=O) groups is 1. The van der Waals surface area contributed by atoms with Crippen molar-refractivity contribution in [1.82, 2.24) is 10.2 Å². The Labute approximate surface area is 265 Å². The maximum Gasteiger partial charge on any atom is 0.241 e. The molecule has 0 saturated carbocycles. The van der Waals surface area contributed by atoms with Gasteiger partial charge in [-0.1, -0.05) is 12.1 Å². The second-order valence-electron chi connectivity index (χ2n) is 11.3. The van der Waals surface area contributed by atoms with Crippen LogP contribution in [0.3, 0.4) is 0 Å². The number of benzene rings is 3. The second-order valence-corrected chi connectivity index (χ2v) is 13.0. The highest BCUT2D eigenvalue weighted by Crippen LogP contribution is 2.26. The molecule has 238 valence electrons. The average Bonchev–Trinajstić information content (AvgIpc) is 2.99. The smallest absolute Gasteiger partial charge is 0.241 e. The molecule has 1 unspecified atom stereocenters. The van der Waals surface area contributed by atoms with Gasteiger partial charge in [0.1, 0.15) is 17.3 Å². The van der Waals surface area contributed by atoms with E-state index in [0.717, 1.165) is 51.6 Å². The Hall–Kier alpha value is -3.22. The highest BCUT2D eigenvalue weighted by atomic mass is 35.5. The van der Waals surface area contributed by atoms with Crippen molar-refractivity contribution in [2.45, 2.75) is 44.3 Å². The minimum atomic E-state index is -3.32. The number of likely N-dealkylation sites (tertiary alicyclic amines) is 1. The summed E-state index contributed by atoms with van der Waals surface area (Å²) in [5, 5.41) is 6.64. The maximum atomic E-state index is 13.3. The van der Waals surface area contributed by atoms with Crippen molar-refractivity contribution in [3.05, 3.63) is 84.2 Å². The first-order valence-electron chi connectivity index (χ1n) is 14.7. The van der Waals surface area contributed by atoms with E-state index in [4.69, 9.17) is 9.47 Å². The molecule has 9 nitrogen and oxygen atoms in total. The van der Waals surface area contributed by atoms with E-state index in [-0.39, 0.29) is 42.1 Å². The van der Waals surface area contributed by atoms with E-state index in [1.54, 1.807) is 36.4 Å². The van der Waals surface area contributed by atoms with Gasteiger partial charge in [-0.05, 0) is 111 Å². The quantitative estimate of drug-likeness (QED) is 0.256. The van der Waals surface area contributed by atoms with Gasteiger partial charge in [0.15, 0.2) is 0 Å². The molecule has 44 heavy (non-hydrogen) atoms. The van der Waals surface area contributed by atoms with Crippen LogP contribution >= 0.6 is 12.4 Å². The Morgan fingerprint density at radius 1 is 0.909 bits per heavy atom. The number of sulfonamides is 1. The first kappa shape index (κ1) is 33.7. The Kier molecular flexibility index (Phi) is 12.0. The summed E-state index contributed by atoms with van der Waals surface area (Å²) >= 11 is 0. The summed E-state index contributed by atoms with van der Waals surface area (Å²) in [6, 6.07) is 20.5. The van der Waals surface area contributed by atoms with E-state index in [9.17, 15) is 17.6 Å². The number of nitrogens with one attached hydrogen (secondary N) is 3. The molecule has 0 aliphatic carbocycles. The Bertz CT molecular complexity index is 1450. The molecule has 1 amide bonds. The fourth-order valence-corrected chi connectivity index (χ4v) is 6.17. The first-order valence-corrected chi connectivity index (χ1v) is 16.6. The molecule has 3 N–H and O–H groups in total. The molecule has 2 saturated heterocycles. The van der Waals surface area contributed by atoms with E-state index in [0.29, 0.717) is 36.1 Å². The molecule has 2 heterocycles. The topological polar surface area (TPSA) is 109 Å². The van der Waals surface area contributed by atoms with Gasteiger partial charge in [-0.3, -0.25) is 14.4 Å². The van der Waals surface area contributed by atoms with Gasteiger partial charge in [0.2, 0.25) is 15.9 Å². The normalized spacial score (nSPS) is 17.3. The van der Waals surface area contributed by atoms with Crippen molar-refractivity contribution in [2.75, 3.05) is 42.6 Å². The number of piperidine rings is 1. The molecule has 3 aromatic carbocycles. The Morgan fingerprint density at radius 2 is 1.48 bits per heavy atom. The fraction of sp³-hybridized carbons (Fsp3) is 0.406. The van der Waals surface area contributed by atoms with Crippen LogP contribution in [-0.2, 0) is 26.1 Å². The molecule has 2 aliphatic heterocycles. The Balaban J connectivity index is 0.00000442. The zero-order valence-electron chi connectivity index (χ0n) is 24.7. The molecule has 0 radical (unpaired) electrons. The highest BCUT2D eigenvalue weighted by molar-refractivity contribution is 7.92. The fourth-order valence-electron chi connectivity index (χ4n) is 5.60. The number of hydrogen-bond donors (Lipinski definition) is 3. The van der Waals surface area contributed by atoms with Gasteiger partial charge >= 0.3 is 0 Å². The third kappa shape index (κ3) is 10.2. The van der Waals surface area contributed by atoms with Crippen LogP contribution < -0.4 is 20.1 Å². The Morgan fingerprint density at radius 3 is 2.07 bits per heavy atom. The molecule has 5 rings (SSSR count). The SMILES string of the molecule is CS(=O)(=O)Nc1ccc(Oc2ccc(CN3CCC(NC(C(=O)Nc4ccc(F)cc4)C4CCOCC4)CC3)cc2)cc1.Cl. The van der Waals surface area contributed by atoms with Crippen LogP contribution in [0.2, 0.25) is 0 Å². The van der Waals surface area contributed by atoms with Crippen LogP contribution in [0.4, 0.5) is 15.8 Å². The maximum absolute atomic E-state index is 13.3. The van der Waals surface area contributed by atoms with Crippen LogP contribution in [-0.4, -0.2) is 63.9 Å². The van der Waals surface area contributed by atoms with Crippen molar-refractivity contribution in [3.8, 4) is 11.5 Å². The van der Waals surface area contributed by atoms with Crippen molar-refractivity contribution in [3.63, 3.8) is 0 Å². The predicted molar refractivity (Wildman–Crippen MR) is 172 cm³/mol. The number of amides is 1. The lowest BCUT2D eigenvalue weighted by Gasteiger charge is -2.37. The van der Waals surface area contributed by atoms with Crippen LogP contribution in [0.5, 0.6) is 11.5 Å². The van der Waals surface area contributed by atoms with Gasteiger partial charge in [0, 0.05) is 37.2 Å². The number of hydrogen-bond acceptors (Lipinski definition) is 7. The molecule has 1 atom stereocenters. The summed E-state index contributed by atoms with van der Waals surface area (Å²) in [5.41, 5.74) is 2.26. The summed E-state index contributed by atoms with van der Waals surface area (Å²) in [4.78, 5) is 15.8. The lowest BCUT2D eigenvalue weighted by Crippen LogP contribution is -2.53. The van der Waals surface area contributed by atoms with Gasteiger partial charge in [0.05, 0.1) is 12.3 Å². The molecule has 0 aromatic heterocycles. The van der Waals surface area contributed by atoms with Gasteiger partial charge in [0.25, 0.3) is 0 Å². The summed E-state index contributed by atoms with van der Waals surface area (Å²) in [6.07, 6.45) is 4.66. The summed E-state index contributed by atoms with van der Waals surface area (Å²) in [7, 11) is -3.32. The van der Waals surface area contributed by atoms with Gasteiger partial charge in [-0.25, -0.2) is 12.8 Å².